The molecule has 1 aliphatic carbocycles. The molecule has 0 atom stereocenters. The first-order valence-corrected chi connectivity index (χ1v) is 5.21. The Morgan fingerprint density at radius 3 is 2.36 bits per heavy atom. The molecule has 4 nitrogen and oxygen atoms in total. The molecular weight excluding hydrogens is 182 g/mol. The van der Waals surface area contributed by atoms with Crippen LogP contribution in [0, 0.1) is 0 Å². The van der Waals surface area contributed by atoms with E-state index < -0.39 is 0 Å². The van der Waals surface area contributed by atoms with E-state index >= 15 is 0 Å². The summed E-state index contributed by atoms with van der Waals surface area (Å²) in [7, 11) is 1.84. The van der Waals surface area contributed by atoms with E-state index in [2.05, 4.69) is 0 Å². The molecule has 0 unspecified atom stereocenters. The van der Waals surface area contributed by atoms with Crippen LogP contribution in [0.25, 0.3) is 0 Å². The lowest BCUT2D eigenvalue weighted by atomic mass is 9.89. The first-order chi connectivity index (χ1) is 6.76. The molecule has 0 bridgehead atoms. The first-order valence-electron chi connectivity index (χ1n) is 5.21. The highest BCUT2D eigenvalue weighted by Crippen LogP contribution is 2.36. The van der Waals surface area contributed by atoms with Gasteiger partial charge in [0.15, 0.2) is 5.79 Å². The average molecular weight is 199 g/mol. The molecule has 4 heteroatoms. The van der Waals surface area contributed by atoms with Gasteiger partial charge in [-0.1, -0.05) is 0 Å². The van der Waals surface area contributed by atoms with Crippen molar-refractivity contribution in [3.8, 4) is 0 Å². The van der Waals surface area contributed by atoms with Crippen molar-refractivity contribution in [1.29, 1.82) is 0 Å². The molecule has 1 spiro atoms. The zero-order valence-electron chi connectivity index (χ0n) is 8.57. The quantitative estimate of drug-likeness (QED) is 0.616. The van der Waals surface area contributed by atoms with Gasteiger partial charge >= 0.3 is 0 Å². The molecular formula is C10H17NO3. The Morgan fingerprint density at radius 2 is 1.86 bits per heavy atom. The Hall–Kier alpha value is -0.610. The molecule has 2 rings (SSSR count). The fourth-order valence-corrected chi connectivity index (χ4v) is 2.32. The molecule has 2 fully saturated rings. The highest BCUT2D eigenvalue weighted by molar-refractivity contribution is 5.47. The van der Waals surface area contributed by atoms with Crippen LogP contribution in [0.1, 0.15) is 25.7 Å². The number of carbonyl (C=O) groups excluding carboxylic acids is 1. The maximum absolute atomic E-state index is 10.6. The third-order valence-corrected chi connectivity index (χ3v) is 3.27. The zero-order chi connectivity index (χ0) is 10.0. The number of carbonyl (C=O) groups is 1. The molecule has 1 saturated heterocycles. The van der Waals surface area contributed by atoms with E-state index in [0.29, 0.717) is 19.3 Å². The molecule has 1 amide bonds. The van der Waals surface area contributed by atoms with Gasteiger partial charge in [-0.05, 0) is 12.8 Å². The minimum atomic E-state index is -0.305. The van der Waals surface area contributed by atoms with Crippen LogP contribution in [0.4, 0.5) is 0 Å². The van der Waals surface area contributed by atoms with Crippen molar-refractivity contribution in [3.05, 3.63) is 0 Å². The minimum absolute atomic E-state index is 0.305. The average Bonchev–Trinajstić information content (AvgIpc) is 2.67. The van der Waals surface area contributed by atoms with E-state index in [1.807, 2.05) is 7.05 Å². The van der Waals surface area contributed by atoms with Crippen LogP contribution in [0.15, 0.2) is 0 Å². The van der Waals surface area contributed by atoms with Gasteiger partial charge in [-0.25, -0.2) is 0 Å². The molecule has 80 valence electrons. The normalized spacial score (nSPS) is 26.6. The van der Waals surface area contributed by atoms with Crippen LogP contribution in [-0.4, -0.2) is 43.4 Å². The summed E-state index contributed by atoms with van der Waals surface area (Å²) in [6, 6.07) is 0.367. The molecule has 2 aliphatic rings. The second kappa shape index (κ2) is 3.87. The molecule has 0 N–H and O–H groups in total. The third kappa shape index (κ3) is 1.77. The van der Waals surface area contributed by atoms with Gasteiger partial charge in [-0.3, -0.25) is 4.79 Å². The summed E-state index contributed by atoms with van der Waals surface area (Å²) in [5.74, 6) is -0.305. The number of ether oxygens (including phenoxy) is 2. The van der Waals surface area contributed by atoms with Crippen LogP contribution < -0.4 is 0 Å². The van der Waals surface area contributed by atoms with Crippen LogP contribution >= 0.6 is 0 Å². The van der Waals surface area contributed by atoms with Gasteiger partial charge in [0, 0.05) is 25.9 Å². The van der Waals surface area contributed by atoms with Gasteiger partial charge in [-0.15, -0.1) is 0 Å². The highest BCUT2D eigenvalue weighted by Gasteiger charge is 2.40. The Morgan fingerprint density at radius 1 is 1.29 bits per heavy atom. The standard InChI is InChI=1S/C10H17NO3/c1-11(8-12)9-2-4-10(5-3-9)13-6-7-14-10/h8-9H,2-7H2,1H3. The largest absolute Gasteiger partial charge is 0.348 e. The summed E-state index contributed by atoms with van der Waals surface area (Å²) in [6.07, 6.45) is 4.69. The maximum Gasteiger partial charge on any atom is 0.209 e. The number of hydrogen-bond acceptors (Lipinski definition) is 3. The number of nitrogens with zero attached hydrogens (tertiary/aromatic N) is 1. The minimum Gasteiger partial charge on any atom is -0.348 e. The summed E-state index contributed by atoms with van der Waals surface area (Å²) in [5.41, 5.74) is 0. The van der Waals surface area contributed by atoms with E-state index in [1.54, 1.807) is 4.90 Å². The predicted molar refractivity (Wildman–Crippen MR) is 50.7 cm³/mol. The number of hydrogen-bond donors (Lipinski definition) is 0. The molecule has 14 heavy (non-hydrogen) atoms. The third-order valence-electron chi connectivity index (χ3n) is 3.27. The molecule has 1 saturated carbocycles. The fraction of sp³-hybridized carbons (Fsp3) is 0.900. The Bertz CT molecular complexity index is 203. The lowest BCUT2D eigenvalue weighted by molar-refractivity contribution is -0.183. The molecule has 0 radical (unpaired) electrons. The summed E-state index contributed by atoms with van der Waals surface area (Å²) in [4.78, 5) is 12.3. The Balaban J connectivity index is 1.88. The van der Waals surface area contributed by atoms with Gasteiger partial charge in [0.05, 0.1) is 13.2 Å². The van der Waals surface area contributed by atoms with Gasteiger partial charge in [0.1, 0.15) is 0 Å². The fourth-order valence-electron chi connectivity index (χ4n) is 2.32. The smallest absolute Gasteiger partial charge is 0.209 e. The van der Waals surface area contributed by atoms with Crippen LogP contribution in [0.2, 0.25) is 0 Å². The van der Waals surface area contributed by atoms with Crippen molar-refractivity contribution < 1.29 is 14.3 Å². The second-order valence-corrected chi connectivity index (χ2v) is 4.11. The topological polar surface area (TPSA) is 38.8 Å². The van der Waals surface area contributed by atoms with E-state index in [9.17, 15) is 4.79 Å². The van der Waals surface area contributed by atoms with E-state index in [1.165, 1.54) is 0 Å². The van der Waals surface area contributed by atoms with Crippen LogP contribution in [0.5, 0.6) is 0 Å². The Labute approximate surface area is 84.2 Å². The first kappa shape index (κ1) is 9.93. The molecule has 0 aromatic rings. The van der Waals surface area contributed by atoms with Gasteiger partial charge < -0.3 is 14.4 Å². The lowest BCUT2D eigenvalue weighted by Gasteiger charge is -2.37. The van der Waals surface area contributed by atoms with Gasteiger partial charge in [0.25, 0.3) is 0 Å². The van der Waals surface area contributed by atoms with Crippen molar-refractivity contribution in [2.75, 3.05) is 20.3 Å². The zero-order valence-corrected chi connectivity index (χ0v) is 8.57. The summed E-state index contributed by atoms with van der Waals surface area (Å²) in [5, 5.41) is 0. The lowest BCUT2D eigenvalue weighted by Crippen LogP contribution is -2.42. The summed E-state index contributed by atoms with van der Waals surface area (Å²) >= 11 is 0. The molecule has 0 aromatic carbocycles. The van der Waals surface area contributed by atoms with E-state index in [0.717, 1.165) is 32.1 Å². The second-order valence-electron chi connectivity index (χ2n) is 4.11. The van der Waals surface area contributed by atoms with Gasteiger partial charge in [-0.2, -0.15) is 0 Å². The summed E-state index contributed by atoms with van der Waals surface area (Å²) < 4.78 is 11.2. The number of amides is 1. The molecule has 1 heterocycles. The molecule has 0 aromatic heterocycles. The van der Waals surface area contributed by atoms with Crippen molar-refractivity contribution in [2.24, 2.45) is 0 Å². The van der Waals surface area contributed by atoms with Gasteiger partial charge in [0.2, 0.25) is 6.41 Å². The highest BCUT2D eigenvalue weighted by atomic mass is 16.7. The van der Waals surface area contributed by atoms with E-state index in [-0.39, 0.29) is 5.79 Å². The number of rotatable bonds is 2. The summed E-state index contributed by atoms with van der Waals surface area (Å²) in [6.45, 7) is 1.43. The van der Waals surface area contributed by atoms with Crippen molar-refractivity contribution in [3.63, 3.8) is 0 Å². The Kier molecular flexibility index (Phi) is 2.74. The monoisotopic (exact) mass is 199 g/mol. The van der Waals surface area contributed by atoms with Crippen molar-refractivity contribution >= 4 is 6.41 Å². The molecule has 1 aliphatic heterocycles. The van der Waals surface area contributed by atoms with Crippen LogP contribution in [0.3, 0.4) is 0 Å². The predicted octanol–water partition coefficient (Wildman–Crippen LogP) is 0.760. The van der Waals surface area contributed by atoms with Crippen molar-refractivity contribution in [2.45, 2.75) is 37.5 Å². The van der Waals surface area contributed by atoms with Crippen molar-refractivity contribution in [1.82, 2.24) is 4.90 Å². The SMILES string of the molecule is CN(C=O)C1CCC2(CC1)OCCO2. The van der Waals surface area contributed by atoms with Crippen LogP contribution in [-0.2, 0) is 14.3 Å². The maximum atomic E-state index is 10.6. The van der Waals surface area contributed by atoms with E-state index in [4.69, 9.17) is 9.47 Å².